The van der Waals surface area contributed by atoms with E-state index in [1.165, 1.54) is 11.3 Å². The highest BCUT2D eigenvalue weighted by molar-refractivity contribution is 7.16. The second-order valence-electron chi connectivity index (χ2n) is 8.02. The lowest BCUT2D eigenvalue weighted by atomic mass is 9.78. The van der Waals surface area contributed by atoms with E-state index < -0.39 is 0 Å². The van der Waals surface area contributed by atoms with E-state index in [1.54, 1.807) is 10.5 Å². The number of thiazole rings is 1. The first-order chi connectivity index (χ1) is 12.4. The largest absolute Gasteiger partial charge is 0.340 e. The molecular weight excluding hydrogens is 348 g/mol. The first-order valence-electron chi connectivity index (χ1n) is 9.40. The molecule has 0 aromatic carbocycles. The number of carbonyl (C=O) groups excluding carboxylic acids is 1. The van der Waals surface area contributed by atoms with Gasteiger partial charge in [-0.3, -0.25) is 18.9 Å². The van der Waals surface area contributed by atoms with Crippen LogP contribution in [0.5, 0.6) is 0 Å². The molecular formula is C19H26N4O2S. The number of carbonyl (C=O) groups is 1. The van der Waals surface area contributed by atoms with Crippen LogP contribution in [-0.2, 0) is 11.3 Å². The molecule has 2 saturated heterocycles. The molecule has 4 rings (SSSR count). The fraction of sp³-hybridized carbons (Fsp3) is 0.632. The van der Waals surface area contributed by atoms with E-state index in [-0.39, 0.29) is 17.0 Å². The van der Waals surface area contributed by atoms with Gasteiger partial charge in [-0.15, -0.1) is 11.3 Å². The Balaban J connectivity index is 1.53. The van der Waals surface area contributed by atoms with Crippen LogP contribution in [0.1, 0.15) is 43.7 Å². The van der Waals surface area contributed by atoms with Gasteiger partial charge in [-0.25, -0.2) is 4.98 Å². The molecule has 2 aliphatic rings. The summed E-state index contributed by atoms with van der Waals surface area (Å²) in [5, 5.41) is 0. The highest BCUT2D eigenvalue weighted by Gasteiger charge is 2.48. The Bertz CT molecular complexity index is 903. The Labute approximate surface area is 157 Å². The molecule has 2 aromatic rings. The Morgan fingerprint density at radius 2 is 2.08 bits per heavy atom. The lowest BCUT2D eigenvalue weighted by Gasteiger charge is -2.41. The van der Waals surface area contributed by atoms with Crippen LogP contribution in [0.15, 0.2) is 17.1 Å². The van der Waals surface area contributed by atoms with Gasteiger partial charge in [-0.1, -0.05) is 0 Å². The molecule has 6 nitrogen and oxygen atoms in total. The van der Waals surface area contributed by atoms with Crippen molar-refractivity contribution in [3.63, 3.8) is 0 Å². The molecule has 0 radical (unpaired) electrons. The maximum absolute atomic E-state index is 13.1. The Morgan fingerprint density at radius 3 is 2.85 bits per heavy atom. The number of fused-ring (bicyclic) bond motifs is 1. The van der Waals surface area contributed by atoms with Gasteiger partial charge in [-0.2, -0.15) is 0 Å². The average Bonchev–Trinajstić information content (AvgIpc) is 3.14. The van der Waals surface area contributed by atoms with E-state index in [2.05, 4.69) is 23.7 Å². The highest BCUT2D eigenvalue weighted by Crippen LogP contribution is 2.41. The van der Waals surface area contributed by atoms with Gasteiger partial charge in [0.05, 0.1) is 11.1 Å². The van der Waals surface area contributed by atoms with Gasteiger partial charge in [0.2, 0.25) is 5.91 Å². The zero-order chi connectivity index (χ0) is 18.5. The van der Waals surface area contributed by atoms with Crippen LogP contribution >= 0.6 is 11.3 Å². The number of aryl methyl sites for hydroxylation is 1. The van der Waals surface area contributed by atoms with E-state index in [0.29, 0.717) is 12.5 Å². The van der Waals surface area contributed by atoms with E-state index in [0.717, 1.165) is 54.4 Å². The third-order valence-corrected chi connectivity index (χ3v) is 6.64. The van der Waals surface area contributed by atoms with Crippen molar-refractivity contribution in [1.82, 2.24) is 19.2 Å². The summed E-state index contributed by atoms with van der Waals surface area (Å²) in [6, 6.07) is 1.90. The van der Waals surface area contributed by atoms with Crippen molar-refractivity contribution in [2.45, 2.75) is 52.6 Å². The predicted octanol–water partition coefficient (Wildman–Crippen LogP) is 2.29. The van der Waals surface area contributed by atoms with Crippen molar-refractivity contribution in [3.8, 4) is 0 Å². The molecule has 0 N–H and O–H groups in total. The number of piperidine rings is 1. The molecule has 140 valence electrons. The number of aromatic nitrogens is 2. The van der Waals surface area contributed by atoms with Crippen LogP contribution in [0.4, 0.5) is 0 Å². The van der Waals surface area contributed by atoms with Crippen molar-refractivity contribution >= 4 is 22.2 Å². The van der Waals surface area contributed by atoms with Crippen molar-refractivity contribution in [2.24, 2.45) is 5.41 Å². The monoisotopic (exact) mass is 374 g/mol. The van der Waals surface area contributed by atoms with E-state index >= 15 is 0 Å². The Morgan fingerprint density at radius 1 is 1.27 bits per heavy atom. The summed E-state index contributed by atoms with van der Waals surface area (Å²) < 4.78 is 1.61. The van der Waals surface area contributed by atoms with Gasteiger partial charge < -0.3 is 4.90 Å². The summed E-state index contributed by atoms with van der Waals surface area (Å²) in [6.45, 7) is 9.36. The fourth-order valence-electron chi connectivity index (χ4n) is 4.43. The second kappa shape index (κ2) is 6.46. The van der Waals surface area contributed by atoms with Crippen molar-refractivity contribution in [2.75, 3.05) is 19.6 Å². The minimum atomic E-state index is -0.235. The number of nitrogens with zero attached hydrogens (tertiary/aromatic N) is 4. The van der Waals surface area contributed by atoms with Gasteiger partial charge in [0, 0.05) is 42.8 Å². The minimum absolute atomic E-state index is 0.0250. The second-order valence-corrected chi connectivity index (χ2v) is 9.23. The summed E-state index contributed by atoms with van der Waals surface area (Å²) in [6.07, 6.45) is 4.81. The van der Waals surface area contributed by atoms with E-state index in [1.807, 2.05) is 18.0 Å². The van der Waals surface area contributed by atoms with Gasteiger partial charge >= 0.3 is 0 Å². The molecule has 1 spiro atoms. The van der Waals surface area contributed by atoms with Crippen LogP contribution in [-0.4, -0.2) is 50.8 Å². The third-order valence-electron chi connectivity index (χ3n) is 5.75. The summed E-state index contributed by atoms with van der Waals surface area (Å²) in [5.74, 6) is 0.318. The van der Waals surface area contributed by atoms with Gasteiger partial charge in [0.15, 0.2) is 4.96 Å². The highest BCUT2D eigenvalue weighted by atomic mass is 32.1. The maximum Gasteiger partial charge on any atom is 0.258 e. The molecule has 0 bridgehead atoms. The lowest BCUT2D eigenvalue weighted by molar-refractivity contribution is -0.147. The number of hydrogen-bond acceptors (Lipinski definition) is 5. The molecule has 2 fully saturated rings. The Hall–Kier alpha value is -1.73. The van der Waals surface area contributed by atoms with Crippen molar-refractivity contribution in [3.05, 3.63) is 33.2 Å². The third kappa shape index (κ3) is 2.97. The first kappa shape index (κ1) is 17.7. The molecule has 1 amide bonds. The summed E-state index contributed by atoms with van der Waals surface area (Å²) in [4.78, 5) is 36.2. The standard InChI is InChI=1S/C19H26N4O2S/c1-13(2)22-7-4-5-19(17(22)25)6-8-21(12-19)11-15-9-16(24)23-10-14(3)26-18(23)20-15/h9-10,13H,4-8,11-12H2,1-3H3. The fourth-order valence-corrected chi connectivity index (χ4v) is 5.28. The smallest absolute Gasteiger partial charge is 0.258 e. The van der Waals surface area contributed by atoms with Gasteiger partial charge in [0.25, 0.3) is 5.56 Å². The lowest BCUT2D eigenvalue weighted by Crippen LogP contribution is -2.52. The number of rotatable bonds is 3. The molecule has 1 unspecified atom stereocenters. The first-order valence-corrected chi connectivity index (χ1v) is 10.2. The maximum atomic E-state index is 13.1. The summed E-state index contributed by atoms with van der Waals surface area (Å²) in [7, 11) is 0. The topological polar surface area (TPSA) is 57.9 Å². The molecule has 2 aromatic heterocycles. The molecule has 26 heavy (non-hydrogen) atoms. The predicted molar refractivity (Wildman–Crippen MR) is 102 cm³/mol. The normalized spacial score (nSPS) is 24.5. The number of amides is 1. The minimum Gasteiger partial charge on any atom is -0.340 e. The van der Waals surface area contributed by atoms with E-state index in [9.17, 15) is 9.59 Å². The van der Waals surface area contributed by atoms with Crippen LogP contribution in [0.25, 0.3) is 4.96 Å². The zero-order valence-electron chi connectivity index (χ0n) is 15.7. The van der Waals surface area contributed by atoms with Crippen molar-refractivity contribution in [1.29, 1.82) is 0 Å². The molecule has 4 heterocycles. The molecule has 0 saturated carbocycles. The van der Waals surface area contributed by atoms with Crippen LogP contribution in [0.2, 0.25) is 0 Å². The Kier molecular flexibility index (Phi) is 4.39. The van der Waals surface area contributed by atoms with Crippen LogP contribution < -0.4 is 5.56 Å². The number of likely N-dealkylation sites (tertiary alicyclic amines) is 2. The van der Waals surface area contributed by atoms with Gasteiger partial charge in [-0.05, 0) is 46.6 Å². The molecule has 0 aliphatic carbocycles. The van der Waals surface area contributed by atoms with Gasteiger partial charge in [0.1, 0.15) is 0 Å². The SMILES string of the molecule is Cc1cn2c(=O)cc(CN3CCC4(CCCN(C(C)C)C4=O)C3)nc2s1. The van der Waals surface area contributed by atoms with Crippen LogP contribution in [0, 0.1) is 12.3 Å². The average molecular weight is 375 g/mol. The summed E-state index contributed by atoms with van der Waals surface area (Å²) in [5.41, 5.74) is 0.544. The molecule has 1 atom stereocenters. The van der Waals surface area contributed by atoms with E-state index in [4.69, 9.17) is 0 Å². The summed E-state index contributed by atoms with van der Waals surface area (Å²) >= 11 is 1.54. The van der Waals surface area contributed by atoms with Crippen LogP contribution in [0.3, 0.4) is 0 Å². The number of hydrogen-bond donors (Lipinski definition) is 0. The zero-order valence-corrected chi connectivity index (χ0v) is 16.5. The molecule has 7 heteroatoms. The van der Waals surface area contributed by atoms with Crippen molar-refractivity contribution < 1.29 is 4.79 Å². The molecule has 2 aliphatic heterocycles. The quantitative estimate of drug-likeness (QED) is 0.827.